The van der Waals surface area contributed by atoms with Crippen molar-refractivity contribution >= 4 is 23.2 Å². The van der Waals surface area contributed by atoms with Gasteiger partial charge in [0.05, 0.1) is 5.69 Å². The second kappa shape index (κ2) is 9.01. The molecule has 0 radical (unpaired) electrons. The summed E-state index contributed by atoms with van der Waals surface area (Å²) in [6, 6.07) is 17.3. The van der Waals surface area contributed by atoms with E-state index in [9.17, 15) is 9.59 Å². The van der Waals surface area contributed by atoms with Crippen molar-refractivity contribution in [3.8, 4) is 11.3 Å². The largest absolute Gasteiger partial charge is 0.352 e. The zero-order chi connectivity index (χ0) is 22.8. The van der Waals surface area contributed by atoms with E-state index in [1.165, 1.54) is 4.52 Å². The summed E-state index contributed by atoms with van der Waals surface area (Å²) < 4.78 is 3.39. The quantitative estimate of drug-likeness (QED) is 0.480. The first-order valence-corrected chi connectivity index (χ1v) is 10.9. The Morgan fingerprint density at radius 2 is 1.88 bits per heavy atom. The molecule has 0 unspecified atom stereocenters. The van der Waals surface area contributed by atoms with E-state index in [1.54, 1.807) is 6.07 Å². The van der Waals surface area contributed by atoms with Gasteiger partial charge < -0.3 is 9.88 Å². The van der Waals surface area contributed by atoms with Crippen molar-refractivity contribution in [3.05, 3.63) is 92.4 Å². The summed E-state index contributed by atoms with van der Waals surface area (Å²) in [5.41, 5.74) is 5.75. The van der Waals surface area contributed by atoms with Gasteiger partial charge in [0.1, 0.15) is 5.65 Å². The number of aryl methyl sites for hydroxylation is 2. The molecule has 0 atom stereocenters. The number of hydrogen-bond acceptors (Lipinski definition) is 3. The summed E-state index contributed by atoms with van der Waals surface area (Å²) in [5, 5.41) is 8.11. The fourth-order valence-corrected chi connectivity index (χ4v) is 4.08. The predicted octanol–water partition coefficient (Wildman–Crippen LogP) is 4.22. The van der Waals surface area contributed by atoms with E-state index in [0.29, 0.717) is 23.6 Å². The Hall–Kier alpha value is -3.38. The van der Waals surface area contributed by atoms with Gasteiger partial charge in [-0.1, -0.05) is 48.0 Å². The minimum absolute atomic E-state index is 0.118. The summed E-state index contributed by atoms with van der Waals surface area (Å²) >= 11 is 5.99. The van der Waals surface area contributed by atoms with Gasteiger partial charge in [0, 0.05) is 47.9 Å². The van der Waals surface area contributed by atoms with E-state index in [2.05, 4.69) is 10.4 Å². The molecule has 0 aliphatic heterocycles. The molecule has 0 saturated carbocycles. The van der Waals surface area contributed by atoms with E-state index in [1.807, 2.05) is 74.0 Å². The van der Waals surface area contributed by atoms with Crippen LogP contribution in [0.15, 0.2) is 59.4 Å². The number of rotatable bonds is 6. The maximum absolute atomic E-state index is 13.2. The fraction of sp³-hybridized carbons (Fsp3) is 0.240. The zero-order valence-electron chi connectivity index (χ0n) is 18.4. The van der Waals surface area contributed by atoms with Crippen LogP contribution >= 0.6 is 11.6 Å². The Morgan fingerprint density at radius 1 is 1.09 bits per heavy atom. The first-order valence-electron chi connectivity index (χ1n) is 10.5. The summed E-state index contributed by atoms with van der Waals surface area (Å²) in [6.45, 7) is 4.32. The lowest BCUT2D eigenvalue weighted by atomic mass is 10.1. The summed E-state index contributed by atoms with van der Waals surface area (Å²) in [6.07, 6.45) is 0.559. The fourth-order valence-electron chi connectivity index (χ4n) is 3.87. The standard InChI is InChI=1S/C25H25ClN4O2/c1-16-7-4-5-10-20(16)22-14-24-29(3)17(2)21(25(32)30(24)28-22)11-12-23(31)27-15-18-8-6-9-19(26)13-18/h4-10,13-14H,11-12,15H2,1-3H3,(H,27,31). The lowest BCUT2D eigenvalue weighted by molar-refractivity contribution is -0.121. The molecule has 2 heterocycles. The van der Waals surface area contributed by atoms with Crippen molar-refractivity contribution in [2.75, 3.05) is 0 Å². The molecule has 0 aliphatic carbocycles. The van der Waals surface area contributed by atoms with Gasteiger partial charge >= 0.3 is 0 Å². The van der Waals surface area contributed by atoms with Crippen LogP contribution in [0.4, 0.5) is 0 Å². The second-order valence-electron chi connectivity index (χ2n) is 7.95. The van der Waals surface area contributed by atoms with Crippen LogP contribution in [0.5, 0.6) is 0 Å². The van der Waals surface area contributed by atoms with Crippen LogP contribution in [0.25, 0.3) is 16.9 Å². The molecular formula is C25H25ClN4O2. The van der Waals surface area contributed by atoms with Gasteiger partial charge in [0.25, 0.3) is 5.56 Å². The first kappa shape index (κ1) is 21.8. The Labute approximate surface area is 191 Å². The number of carbonyl (C=O) groups is 1. The molecule has 0 fully saturated rings. The topological polar surface area (TPSA) is 68.4 Å². The third kappa shape index (κ3) is 4.32. The molecule has 164 valence electrons. The monoisotopic (exact) mass is 448 g/mol. The Bertz CT molecular complexity index is 1370. The number of aromatic nitrogens is 3. The highest BCUT2D eigenvalue weighted by atomic mass is 35.5. The number of fused-ring (bicyclic) bond motifs is 1. The van der Waals surface area contributed by atoms with Crippen molar-refractivity contribution in [2.45, 2.75) is 33.2 Å². The lowest BCUT2D eigenvalue weighted by Crippen LogP contribution is -2.27. The highest BCUT2D eigenvalue weighted by Gasteiger charge is 2.17. The zero-order valence-corrected chi connectivity index (χ0v) is 19.1. The Balaban J connectivity index is 1.56. The molecule has 2 aromatic heterocycles. The van der Waals surface area contributed by atoms with Crippen LogP contribution in [-0.4, -0.2) is 20.1 Å². The normalized spacial score (nSPS) is 11.1. The molecule has 32 heavy (non-hydrogen) atoms. The van der Waals surface area contributed by atoms with Gasteiger partial charge in [-0.2, -0.15) is 9.61 Å². The van der Waals surface area contributed by atoms with Crippen molar-refractivity contribution in [3.63, 3.8) is 0 Å². The van der Waals surface area contributed by atoms with Crippen LogP contribution in [0.1, 0.15) is 28.8 Å². The van der Waals surface area contributed by atoms with Gasteiger partial charge in [-0.05, 0) is 43.5 Å². The van der Waals surface area contributed by atoms with Gasteiger partial charge in [0.15, 0.2) is 0 Å². The molecule has 7 heteroatoms. The Morgan fingerprint density at radius 3 is 2.62 bits per heavy atom. The van der Waals surface area contributed by atoms with Crippen molar-refractivity contribution in [1.29, 1.82) is 0 Å². The van der Waals surface area contributed by atoms with E-state index in [0.717, 1.165) is 33.7 Å². The number of benzene rings is 2. The molecule has 0 spiro atoms. The van der Waals surface area contributed by atoms with Gasteiger partial charge in [0.2, 0.25) is 5.91 Å². The van der Waals surface area contributed by atoms with E-state index < -0.39 is 0 Å². The van der Waals surface area contributed by atoms with Gasteiger partial charge in [-0.15, -0.1) is 0 Å². The minimum atomic E-state index is -0.182. The SMILES string of the molecule is Cc1ccccc1-c1cc2n(C)c(C)c(CCC(=O)NCc3cccc(Cl)c3)c(=O)n2n1. The third-order valence-corrected chi connectivity index (χ3v) is 6.06. The highest BCUT2D eigenvalue weighted by Crippen LogP contribution is 2.23. The third-order valence-electron chi connectivity index (χ3n) is 5.83. The minimum Gasteiger partial charge on any atom is -0.352 e. The van der Waals surface area contributed by atoms with Crippen molar-refractivity contribution in [1.82, 2.24) is 19.5 Å². The molecular weight excluding hydrogens is 424 g/mol. The first-order chi connectivity index (χ1) is 15.3. The van der Waals surface area contributed by atoms with Crippen LogP contribution < -0.4 is 10.9 Å². The maximum Gasteiger partial charge on any atom is 0.277 e. The molecule has 4 aromatic rings. The van der Waals surface area contributed by atoms with E-state index in [4.69, 9.17) is 11.6 Å². The van der Waals surface area contributed by atoms with Gasteiger partial charge in [-0.25, -0.2) is 0 Å². The van der Waals surface area contributed by atoms with Crippen LogP contribution in [-0.2, 0) is 24.8 Å². The highest BCUT2D eigenvalue weighted by molar-refractivity contribution is 6.30. The maximum atomic E-state index is 13.2. The average molecular weight is 449 g/mol. The molecule has 1 amide bonds. The van der Waals surface area contributed by atoms with Crippen molar-refractivity contribution < 1.29 is 4.79 Å². The average Bonchev–Trinajstić information content (AvgIpc) is 3.22. The van der Waals surface area contributed by atoms with Gasteiger partial charge in [-0.3, -0.25) is 9.59 Å². The van der Waals surface area contributed by atoms with Crippen LogP contribution in [0.3, 0.4) is 0 Å². The molecule has 0 bridgehead atoms. The predicted molar refractivity (Wildman–Crippen MR) is 127 cm³/mol. The summed E-state index contributed by atoms with van der Waals surface area (Å²) in [4.78, 5) is 25.6. The number of halogens is 1. The van der Waals surface area contributed by atoms with Crippen LogP contribution in [0.2, 0.25) is 5.02 Å². The number of carbonyl (C=O) groups excluding carboxylic acids is 1. The number of nitrogens with one attached hydrogen (secondary N) is 1. The second-order valence-corrected chi connectivity index (χ2v) is 8.39. The lowest BCUT2D eigenvalue weighted by Gasteiger charge is -2.12. The number of hydrogen-bond donors (Lipinski definition) is 1. The summed E-state index contributed by atoms with van der Waals surface area (Å²) in [7, 11) is 1.91. The number of nitrogens with zero attached hydrogens (tertiary/aromatic N) is 3. The Kier molecular flexibility index (Phi) is 6.15. The smallest absolute Gasteiger partial charge is 0.277 e. The molecule has 6 nitrogen and oxygen atoms in total. The van der Waals surface area contributed by atoms with E-state index >= 15 is 0 Å². The van der Waals surface area contributed by atoms with E-state index in [-0.39, 0.29) is 17.9 Å². The van der Waals surface area contributed by atoms with Crippen molar-refractivity contribution in [2.24, 2.45) is 7.05 Å². The molecule has 4 rings (SSSR count). The summed E-state index contributed by atoms with van der Waals surface area (Å²) in [5.74, 6) is -0.118. The van der Waals surface area contributed by atoms with Crippen LogP contribution in [0, 0.1) is 13.8 Å². The number of amides is 1. The molecule has 2 aromatic carbocycles. The molecule has 0 saturated heterocycles. The molecule has 1 N–H and O–H groups in total. The molecule has 0 aliphatic rings.